The molecule has 0 aliphatic carbocycles. The van der Waals surface area contributed by atoms with Gasteiger partial charge in [0.2, 0.25) is 0 Å². The fourth-order valence-electron chi connectivity index (χ4n) is 0.811. The van der Waals surface area contributed by atoms with Crippen LogP contribution in [0.25, 0.3) is 0 Å². The lowest BCUT2D eigenvalue weighted by atomic mass is 10.00. The molecular weight excluding hydrogens is 140 g/mol. The number of allylic oxidation sites excluding steroid dienone is 2. The van der Waals surface area contributed by atoms with Crippen LogP contribution in [0.5, 0.6) is 0 Å². The Hall–Kier alpha value is -0.340. The Morgan fingerprint density at radius 1 is 1.45 bits per heavy atom. The van der Waals surface area contributed by atoms with Gasteiger partial charge in [-0.25, -0.2) is 0 Å². The summed E-state index contributed by atoms with van der Waals surface area (Å²) in [5.74, 6) is -0.00935. The van der Waals surface area contributed by atoms with E-state index in [-0.39, 0.29) is 12.5 Å². The first kappa shape index (κ1) is 10.7. The van der Waals surface area contributed by atoms with E-state index in [1.807, 2.05) is 19.9 Å². The zero-order chi connectivity index (χ0) is 8.85. The SMILES string of the molecule is CC(C)=CCC(CO)C(C)O. The van der Waals surface area contributed by atoms with Crippen molar-refractivity contribution in [3.8, 4) is 0 Å². The van der Waals surface area contributed by atoms with Crippen LogP contribution in [-0.2, 0) is 0 Å². The molecule has 0 bridgehead atoms. The molecule has 2 nitrogen and oxygen atoms in total. The van der Waals surface area contributed by atoms with Crippen molar-refractivity contribution in [2.24, 2.45) is 5.92 Å². The van der Waals surface area contributed by atoms with E-state index in [0.29, 0.717) is 0 Å². The van der Waals surface area contributed by atoms with Crippen molar-refractivity contribution in [3.05, 3.63) is 11.6 Å². The minimum atomic E-state index is -0.421. The molecule has 0 aliphatic heterocycles. The zero-order valence-electron chi connectivity index (χ0n) is 7.54. The molecule has 0 aromatic heterocycles. The van der Waals surface area contributed by atoms with Gasteiger partial charge in [-0.3, -0.25) is 0 Å². The molecule has 2 heteroatoms. The summed E-state index contributed by atoms with van der Waals surface area (Å²) in [5.41, 5.74) is 1.23. The highest BCUT2D eigenvalue weighted by Crippen LogP contribution is 2.09. The first-order chi connectivity index (χ1) is 5.07. The molecule has 0 radical (unpaired) electrons. The summed E-state index contributed by atoms with van der Waals surface area (Å²) in [5, 5.41) is 18.0. The van der Waals surface area contributed by atoms with Crippen molar-refractivity contribution < 1.29 is 10.2 Å². The van der Waals surface area contributed by atoms with Crippen LogP contribution >= 0.6 is 0 Å². The maximum atomic E-state index is 9.14. The van der Waals surface area contributed by atoms with Gasteiger partial charge < -0.3 is 10.2 Å². The zero-order valence-corrected chi connectivity index (χ0v) is 7.54. The van der Waals surface area contributed by atoms with Crippen LogP contribution in [-0.4, -0.2) is 22.9 Å². The monoisotopic (exact) mass is 158 g/mol. The number of hydrogen-bond donors (Lipinski definition) is 2. The van der Waals surface area contributed by atoms with Gasteiger partial charge in [-0.05, 0) is 27.2 Å². The highest BCUT2D eigenvalue weighted by Gasteiger charge is 2.11. The lowest BCUT2D eigenvalue weighted by Crippen LogP contribution is -2.19. The fraction of sp³-hybridized carbons (Fsp3) is 0.778. The summed E-state index contributed by atoms with van der Waals surface area (Å²) >= 11 is 0. The van der Waals surface area contributed by atoms with Gasteiger partial charge in [0.15, 0.2) is 0 Å². The summed E-state index contributed by atoms with van der Waals surface area (Å²) in [4.78, 5) is 0. The molecule has 0 aromatic rings. The third-order valence-electron chi connectivity index (χ3n) is 1.75. The van der Waals surface area contributed by atoms with Gasteiger partial charge >= 0.3 is 0 Å². The van der Waals surface area contributed by atoms with Crippen LogP contribution in [0, 0.1) is 5.92 Å². The van der Waals surface area contributed by atoms with Gasteiger partial charge in [0, 0.05) is 12.5 Å². The largest absolute Gasteiger partial charge is 0.396 e. The number of rotatable bonds is 4. The molecule has 0 amide bonds. The molecule has 0 aromatic carbocycles. The molecule has 2 unspecified atom stereocenters. The molecule has 2 atom stereocenters. The summed E-state index contributed by atoms with van der Waals surface area (Å²) in [6.45, 7) is 5.79. The molecule has 11 heavy (non-hydrogen) atoms. The van der Waals surface area contributed by atoms with Gasteiger partial charge in [0.1, 0.15) is 0 Å². The molecule has 0 aliphatic rings. The Balaban J connectivity index is 3.79. The highest BCUT2D eigenvalue weighted by molar-refractivity contribution is 4.94. The van der Waals surface area contributed by atoms with Crippen LogP contribution in [0.15, 0.2) is 11.6 Å². The minimum absolute atomic E-state index is 0.00935. The van der Waals surface area contributed by atoms with E-state index in [1.54, 1.807) is 6.92 Å². The second-order valence-corrected chi connectivity index (χ2v) is 3.20. The lowest BCUT2D eigenvalue weighted by molar-refractivity contribution is 0.0824. The third-order valence-corrected chi connectivity index (χ3v) is 1.75. The Bertz CT molecular complexity index is 124. The summed E-state index contributed by atoms with van der Waals surface area (Å²) in [7, 11) is 0. The lowest BCUT2D eigenvalue weighted by Gasteiger charge is -2.14. The maximum Gasteiger partial charge on any atom is 0.0565 e. The quantitative estimate of drug-likeness (QED) is 0.606. The van der Waals surface area contributed by atoms with E-state index < -0.39 is 6.10 Å². The van der Waals surface area contributed by atoms with Crippen molar-refractivity contribution in [3.63, 3.8) is 0 Å². The number of aliphatic hydroxyl groups excluding tert-OH is 2. The molecule has 2 N–H and O–H groups in total. The average molecular weight is 158 g/mol. The van der Waals surface area contributed by atoms with Crippen molar-refractivity contribution in [2.75, 3.05) is 6.61 Å². The van der Waals surface area contributed by atoms with E-state index in [4.69, 9.17) is 10.2 Å². The van der Waals surface area contributed by atoms with Crippen LogP contribution in [0.4, 0.5) is 0 Å². The fourth-order valence-corrected chi connectivity index (χ4v) is 0.811. The molecule has 0 saturated carbocycles. The predicted octanol–water partition coefficient (Wildman–Crippen LogP) is 1.33. The summed E-state index contributed by atoms with van der Waals surface area (Å²) < 4.78 is 0. The second-order valence-electron chi connectivity index (χ2n) is 3.20. The van der Waals surface area contributed by atoms with E-state index in [2.05, 4.69) is 0 Å². The minimum Gasteiger partial charge on any atom is -0.396 e. The van der Waals surface area contributed by atoms with Crippen molar-refractivity contribution in [2.45, 2.75) is 33.3 Å². The molecule has 0 saturated heterocycles. The first-order valence-corrected chi connectivity index (χ1v) is 4.00. The predicted molar refractivity (Wildman–Crippen MR) is 46.3 cm³/mol. The Labute approximate surface area is 68.6 Å². The van der Waals surface area contributed by atoms with Crippen molar-refractivity contribution in [1.29, 1.82) is 0 Å². The normalized spacial score (nSPS) is 15.7. The molecule has 66 valence electrons. The van der Waals surface area contributed by atoms with Gasteiger partial charge in [-0.15, -0.1) is 0 Å². The van der Waals surface area contributed by atoms with Gasteiger partial charge in [0.05, 0.1) is 6.10 Å². The molecular formula is C9H18O2. The maximum absolute atomic E-state index is 9.14. The smallest absolute Gasteiger partial charge is 0.0565 e. The van der Waals surface area contributed by atoms with E-state index in [0.717, 1.165) is 6.42 Å². The molecule has 0 spiro atoms. The van der Waals surface area contributed by atoms with E-state index >= 15 is 0 Å². The average Bonchev–Trinajstić information content (AvgIpc) is 1.87. The van der Waals surface area contributed by atoms with E-state index in [9.17, 15) is 0 Å². The van der Waals surface area contributed by atoms with Crippen LogP contribution in [0.1, 0.15) is 27.2 Å². The summed E-state index contributed by atoms with van der Waals surface area (Å²) in [6.07, 6.45) is 2.38. The highest BCUT2D eigenvalue weighted by atomic mass is 16.3. The number of aliphatic hydroxyl groups is 2. The topological polar surface area (TPSA) is 40.5 Å². The van der Waals surface area contributed by atoms with Crippen LogP contribution in [0.2, 0.25) is 0 Å². The van der Waals surface area contributed by atoms with Crippen LogP contribution in [0.3, 0.4) is 0 Å². The van der Waals surface area contributed by atoms with Crippen LogP contribution < -0.4 is 0 Å². The molecule has 0 fully saturated rings. The van der Waals surface area contributed by atoms with Gasteiger partial charge in [-0.1, -0.05) is 11.6 Å². The Morgan fingerprint density at radius 3 is 2.27 bits per heavy atom. The van der Waals surface area contributed by atoms with Crippen molar-refractivity contribution in [1.82, 2.24) is 0 Å². The third kappa shape index (κ3) is 4.99. The van der Waals surface area contributed by atoms with E-state index in [1.165, 1.54) is 5.57 Å². The summed E-state index contributed by atoms with van der Waals surface area (Å²) in [6, 6.07) is 0. The standard InChI is InChI=1S/C9H18O2/c1-7(2)4-5-9(6-10)8(3)11/h4,8-11H,5-6H2,1-3H3. The first-order valence-electron chi connectivity index (χ1n) is 4.00. The Morgan fingerprint density at radius 2 is 2.00 bits per heavy atom. The van der Waals surface area contributed by atoms with Gasteiger partial charge in [-0.2, -0.15) is 0 Å². The second kappa shape index (κ2) is 5.33. The Kier molecular flexibility index (Phi) is 5.16. The van der Waals surface area contributed by atoms with Gasteiger partial charge in [0.25, 0.3) is 0 Å². The van der Waals surface area contributed by atoms with Crippen molar-refractivity contribution >= 4 is 0 Å². The number of hydrogen-bond acceptors (Lipinski definition) is 2. The molecule has 0 rings (SSSR count). The molecule has 0 heterocycles.